The summed E-state index contributed by atoms with van der Waals surface area (Å²) in [6.45, 7) is 5.66. The zero-order valence-corrected chi connectivity index (χ0v) is 18.9. The molecule has 2 heterocycles. The molecule has 0 bridgehead atoms. The lowest BCUT2D eigenvalue weighted by Gasteiger charge is -2.28. The molecule has 0 aliphatic heterocycles. The molecular formula is C21H21ClF2N4O2S. The molecule has 0 saturated heterocycles. The van der Waals surface area contributed by atoms with Crippen molar-refractivity contribution in [1.82, 2.24) is 20.1 Å². The van der Waals surface area contributed by atoms with E-state index in [2.05, 4.69) is 15.4 Å². The van der Waals surface area contributed by atoms with Gasteiger partial charge in [0.1, 0.15) is 33.2 Å². The van der Waals surface area contributed by atoms with Crippen LogP contribution in [-0.2, 0) is 4.74 Å². The van der Waals surface area contributed by atoms with Gasteiger partial charge in [0.15, 0.2) is 6.10 Å². The standard InChI is InChI=1S/C21H21ClF2N4O2S/c1-21(2,3)19(30-20(29)25-4)15-10-18(31-13-6-8-17(22)26-11-13)28(27-15)16-9-12(23)5-7-14(16)24/h5-11,19H,1-4H3,(H,25,29). The zero-order valence-electron chi connectivity index (χ0n) is 17.3. The second-order valence-corrected chi connectivity index (χ2v) is 9.22. The van der Waals surface area contributed by atoms with Gasteiger partial charge in [0.05, 0.1) is 0 Å². The molecule has 0 fully saturated rings. The van der Waals surface area contributed by atoms with E-state index in [1.165, 1.54) is 23.5 Å². The van der Waals surface area contributed by atoms with E-state index in [4.69, 9.17) is 16.3 Å². The number of nitrogens with zero attached hydrogens (tertiary/aromatic N) is 3. The van der Waals surface area contributed by atoms with Crippen LogP contribution in [0.4, 0.5) is 13.6 Å². The molecule has 0 saturated carbocycles. The average molecular weight is 467 g/mol. The summed E-state index contributed by atoms with van der Waals surface area (Å²) in [7, 11) is 1.46. The van der Waals surface area contributed by atoms with E-state index >= 15 is 0 Å². The Kier molecular flexibility index (Phi) is 6.86. The first-order valence-electron chi connectivity index (χ1n) is 9.31. The van der Waals surface area contributed by atoms with Crippen molar-refractivity contribution in [2.75, 3.05) is 7.05 Å². The van der Waals surface area contributed by atoms with E-state index < -0.39 is 29.2 Å². The first-order valence-corrected chi connectivity index (χ1v) is 10.5. The number of alkyl carbamates (subject to hydrolysis) is 1. The van der Waals surface area contributed by atoms with Crippen LogP contribution in [0.2, 0.25) is 5.15 Å². The third kappa shape index (κ3) is 5.54. The van der Waals surface area contributed by atoms with E-state index in [-0.39, 0.29) is 5.69 Å². The molecule has 1 unspecified atom stereocenters. The number of amides is 1. The van der Waals surface area contributed by atoms with Gasteiger partial charge in [0.2, 0.25) is 0 Å². The van der Waals surface area contributed by atoms with Crippen LogP contribution in [0.1, 0.15) is 32.6 Å². The molecule has 1 atom stereocenters. The summed E-state index contributed by atoms with van der Waals surface area (Å²) in [6.07, 6.45) is 0.198. The lowest BCUT2D eigenvalue weighted by atomic mass is 9.87. The third-order valence-electron chi connectivity index (χ3n) is 4.24. The maximum Gasteiger partial charge on any atom is 0.407 e. The van der Waals surface area contributed by atoms with Gasteiger partial charge in [0, 0.05) is 29.6 Å². The number of halogens is 3. The van der Waals surface area contributed by atoms with Crippen LogP contribution in [0, 0.1) is 17.0 Å². The molecule has 0 radical (unpaired) electrons. The molecule has 1 amide bonds. The second kappa shape index (κ2) is 9.23. The Balaban J connectivity index is 2.13. The van der Waals surface area contributed by atoms with Gasteiger partial charge >= 0.3 is 6.09 Å². The SMILES string of the molecule is CNC(=O)OC(c1cc(Sc2ccc(Cl)nc2)n(-c2cc(F)ccc2F)n1)C(C)(C)C. The molecular weight excluding hydrogens is 446 g/mol. The number of hydrogen-bond acceptors (Lipinski definition) is 5. The number of carbonyl (C=O) groups is 1. The minimum Gasteiger partial charge on any atom is -0.439 e. The monoisotopic (exact) mass is 466 g/mol. The highest BCUT2D eigenvalue weighted by molar-refractivity contribution is 7.99. The number of aromatic nitrogens is 3. The topological polar surface area (TPSA) is 69.0 Å². The highest BCUT2D eigenvalue weighted by Gasteiger charge is 2.33. The molecule has 164 valence electrons. The quantitative estimate of drug-likeness (QED) is 0.482. The second-order valence-electron chi connectivity index (χ2n) is 7.74. The Labute approximate surface area is 188 Å². The van der Waals surface area contributed by atoms with Crippen molar-refractivity contribution in [2.24, 2.45) is 5.41 Å². The van der Waals surface area contributed by atoms with Crippen LogP contribution in [-0.4, -0.2) is 27.9 Å². The number of nitrogens with one attached hydrogen (secondary N) is 1. The van der Waals surface area contributed by atoms with Gasteiger partial charge in [-0.15, -0.1) is 0 Å². The molecule has 31 heavy (non-hydrogen) atoms. The number of carbonyl (C=O) groups excluding carboxylic acids is 1. The largest absolute Gasteiger partial charge is 0.439 e. The lowest BCUT2D eigenvalue weighted by Crippen LogP contribution is -2.29. The van der Waals surface area contributed by atoms with Gasteiger partial charge in [-0.05, 0) is 30.3 Å². The Bertz CT molecular complexity index is 1080. The molecule has 3 rings (SSSR count). The number of ether oxygens (including phenoxy) is 1. The Morgan fingerprint density at radius 1 is 1.23 bits per heavy atom. The minimum absolute atomic E-state index is 0.0664. The van der Waals surface area contributed by atoms with Crippen LogP contribution in [0.25, 0.3) is 5.69 Å². The van der Waals surface area contributed by atoms with Crippen molar-refractivity contribution in [2.45, 2.75) is 36.8 Å². The Morgan fingerprint density at radius 3 is 2.58 bits per heavy atom. The number of hydrogen-bond donors (Lipinski definition) is 1. The summed E-state index contributed by atoms with van der Waals surface area (Å²) in [6, 6.07) is 8.19. The predicted molar refractivity (Wildman–Crippen MR) is 115 cm³/mol. The smallest absolute Gasteiger partial charge is 0.407 e. The first-order chi connectivity index (χ1) is 14.6. The van der Waals surface area contributed by atoms with Gasteiger partial charge in [-0.25, -0.2) is 23.2 Å². The Hall–Kier alpha value is -2.65. The van der Waals surface area contributed by atoms with Crippen LogP contribution < -0.4 is 5.32 Å². The van der Waals surface area contributed by atoms with Crippen molar-refractivity contribution in [3.05, 3.63) is 65.1 Å². The van der Waals surface area contributed by atoms with Crippen molar-refractivity contribution < 1.29 is 18.3 Å². The number of pyridine rings is 1. The van der Waals surface area contributed by atoms with Gasteiger partial charge in [0.25, 0.3) is 0 Å². The van der Waals surface area contributed by atoms with Crippen molar-refractivity contribution >= 4 is 29.5 Å². The van der Waals surface area contributed by atoms with Crippen molar-refractivity contribution in [3.63, 3.8) is 0 Å². The maximum absolute atomic E-state index is 14.6. The highest BCUT2D eigenvalue weighted by Crippen LogP contribution is 2.39. The van der Waals surface area contributed by atoms with E-state index in [0.29, 0.717) is 20.8 Å². The molecule has 1 aromatic carbocycles. The fourth-order valence-corrected chi connectivity index (χ4v) is 3.79. The van der Waals surface area contributed by atoms with Crippen LogP contribution >= 0.6 is 23.4 Å². The molecule has 2 aromatic heterocycles. The number of benzene rings is 1. The summed E-state index contributed by atoms with van der Waals surface area (Å²) >= 11 is 7.09. The first kappa shape index (κ1) is 23.0. The highest BCUT2D eigenvalue weighted by atomic mass is 35.5. The Morgan fingerprint density at radius 2 is 1.97 bits per heavy atom. The molecule has 10 heteroatoms. The van der Waals surface area contributed by atoms with E-state index in [9.17, 15) is 13.6 Å². The summed E-state index contributed by atoms with van der Waals surface area (Å²) in [5.74, 6) is -1.25. The van der Waals surface area contributed by atoms with Gasteiger partial charge in [-0.2, -0.15) is 5.10 Å². The molecule has 1 N–H and O–H groups in total. The molecule has 0 aliphatic rings. The predicted octanol–water partition coefficient (Wildman–Crippen LogP) is 5.79. The lowest BCUT2D eigenvalue weighted by molar-refractivity contribution is 0.0284. The molecule has 3 aromatic rings. The minimum atomic E-state index is -0.743. The normalized spacial score (nSPS) is 12.5. The van der Waals surface area contributed by atoms with E-state index in [1.807, 2.05) is 20.8 Å². The number of rotatable bonds is 5. The summed E-state index contributed by atoms with van der Waals surface area (Å²) < 4.78 is 35.3. The molecule has 6 nitrogen and oxygen atoms in total. The summed E-state index contributed by atoms with van der Waals surface area (Å²) in [5, 5.41) is 7.73. The molecule has 0 spiro atoms. The van der Waals surface area contributed by atoms with E-state index in [1.54, 1.807) is 24.4 Å². The fourth-order valence-electron chi connectivity index (χ4n) is 2.79. The van der Waals surface area contributed by atoms with Crippen molar-refractivity contribution in [1.29, 1.82) is 0 Å². The van der Waals surface area contributed by atoms with Crippen LogP contribution in [0.15, 0.2) is 52.5 Å². The van der Waals surface area contributed by atoms with E-state index in [0.717, 1.165) is 18.2 Å². The van der Waals surface area contributed by atoms with Crippen LogP contribution in [0.5, 0.6) is 0 Å². The zero-order chi connectivity index (χ0) is 22.8. The fraction of sp³-hybridized carbons (Fsp3) is 0.286. The van der Waals surface area contributed by atoms with Gasteiger partial charge < -0.3 is 10.1 Å². The van der Waals surface area contributed by atoms with Gasteiger partial charge in [-0.1, -0.05) is 44.1 Å². The summed E-state index contributed by atoms with van der Waals surface area (Å²) in [5.41, 5.74) is -0.192. The maximum atomic E-state index is 14.6. The summed E-state index contributed by atoms with van der Waals surface area (Å²) in [4.78, 5) is 16.7. The van der Waals surface area contributed by atoms with Crippen LogP contribution in [0.3, 0.4) is 0 Å². The van der Waals surface area contributed by atoms with Crippen molar-refractivity contribution in [3.8, 4) is 5.69 Å². The average Bonchev–Trinajstić information content (AvgIpc) is 3.11. The van der Waals surface area contributed by atoms with Gasteiger partial charge in [-0.3, -0.25) is 0 Å². The molecule has 0 aliphatic carbocycles. The third-order valence-corrected chi connectivity index (χ3v) is 5.44.